The van der Waals surface area contributed by atoms with Gasteiger partial charge in [-0.1, -0.05) is 36.4 Å². The highest BCUT2D eigenvalue weighted by Crippen LogP contribution is 2.36. The van der Waals surface area contributed by atoms with Crippen LogP contribution in [0.1, 0.15) is 20.7 Å². The predicted molar refractivity (Wildman–Crippen MR) is 70.9 cm³/mol. The fourth-order valence-electron chi connectivity index (χ4n) is 2.59. The van der Waals surface area contributed by atoms with Crippen LogP contribution in [0.3, 0.4) is 0 Å². The molecule has 2 aliphatic rings. The van der Waals surface area contributed by atoms with Crippen LogP contribution in [0, 0.1) is 11.8 Å². The van der Waals surface area contributed by atoms with Gasteiger partial charge >= 0.3 is 0 Å². The van der Waals surface area contributed by atoms with E-state index in [-0.39, 0.29) is 16.5 Å². The Bertz CT molecular complexity index is 786. The lowest BCUT2D eigenvalue weighted by molar-refractivity contribution is 0.0801. The summed E-state index contributed by atoms with van der Waals surface area (Å²) in [5.41, 5.74) is 0.645. The third kappa shape index (κ3) is 1.85. The van der Waals surface area contributed by atoms with E-state index in [9.17, 15) is 18.0 Å². The molecule has 0 saturated heterocycles. The summed E-state index contributed by atoms with van der Waals surface area (Å²) < 4.78 is 31.3. The number of carbonyl (C=O) groups is 2. The van der Waals surface area contributed by atoms with Crippen molar-refractivity contribution in [2.24, 2.45) is 11.8 Å². The van der Waals surface area contributed by atoms with E-state index >= 15 is 0 Å². The van der Waals surface area contributed by atoms with Crippen LogP contribution >= 0.6 is 0 Å². The molecule has 0 spiro atoms. The van der Waals surface area contributed by atoms with Crippen LogP contribution in [-0.4, -0.2) is 24.5 Å². The van der Waals surface area contributed by atoms with Crippen LogP contribution in [0.5, 0.6) is 0 Å². The molecular formula is C14H10O5S. The van der Waals surface area contributed by atoms with Crippen molar-refractivity contribution in [3.8, 4) is 0 Å². The highest BCUT2D eigenvalue weighted by Gasteiger charge is 2.41. The second kappa shape index (κ2) is 4.22. The largest absolute Gasteiger partial charge is 0.294 e. The van der Waals surface area contributed by atoms with Crippen molar-refractivity contribution in [2.45, 2.75) is 0 Å². The minimum Gasteiger partial charge on any atom is -0.293 e. The Morgan fingerprint density at radius 3 is 2.05 bits per heavy atom. The molecule has 0 aliphatic heterocycles. The number of allylic oxidation sites excluding steroid dienone is 3. The van der Waals surface area contributed by atoms with Crippen LogP contribution in [0.4, 0.5) is 0 Å². The lowest BCUT2D eigenvalue weighted by Crippen LogP contribution is -2.36. The van der Waals surface area contributed by atoms with Gasteiger partial charge < -0.3 is 0 Å². The minimum atomic E-state index is -4.38. The summed E-state index contributed by atoms with van der Waals surface area (Å²) >= 11 is 0. The summed E-state index contributed by atoms with van der Waals surface area (Å²) in [6.45, 7) is 0. The fraction of sp³-hybridized carbons (Fsp3) is 0.143. The van der Waals surface area contributed by atoms with Gasteiger partial charge in [-0.15, -0.1) is 0 Å². The Hall–Kier alpha value is -2.05. The van der Waals surface area contributed by atoms with E-state index < -0.39 is 22.0 Å². The number of fused-ring (bicyclic) bond motifs is 2. The molecule has 2 unspecified atom stereocenters. The summed E-state index contributed by atoms with van der Waals surface area (Å²) in [6.07, 6.45) is 3.68. The molecule has 102 valence electrons. The summed E-state index contributed by atoms with van der Waals surface area (Å²) in [7, 11) is -4.38. The van der Waals surface area contributed by atoms with Crippen molar-refractivity contribution in [1.29, 1.82) is 0 Å². The first-order chi connectivity index (χ1) is 9.39. The van der Waals surface area contributed by atoms with E-state index in [1.807, 2.05) is 0 Å². The fourth-order valence-corrected chi connectivity index (χ4v) is 3.16. The van der Waals surface area contributed by atoms with E-state index in [0.717, 1.165) is 12.2 Å². The molecule has 0 radical (unpaired) electrons. The van der Waals surface area contributed by atoms with E-state index in [1.54, 1.807) is 24.3 Å². The van der Waals surface area contributed by atoms with Gasteiger partial charge in [-0.25, -0.2) is 0 Å². The quantitative estimate of drug-likeness (QED) is 0.794. The summed E-state index contributed by atoms with van der Waals surface area (Å²) in [5.74, 6) is -2.11. The van der Waals surface area contributed by atoms with Crippen molar-refractivity contribution in [2.75, 3.05) is 0 Å². The molecule has 20 heavy (non-hydrogen) atoms. The van der Waals surface area contributed by atoms with E-state index in [1.165, 1.54) is 6.08 Å². The molecule has 0 fully saturated rings. The standard InChI is InChI=1S/C14H10O5S/c15-13-9-3-1-2-4-10(9)14(16)12-7-8(20(17,18)19)5-6-11(12)13/h1-7,11-12H,(H,17,18,19). The molecule has 0 bridgehead atoms. The van der Waals surface area contributed by atoms with Crippen molar-refractivity contribution >= 4 is 21.7 Å². The zero-order valence-electron chi connectivity index (χ0n) is 10.2. The molecule has 0 aromatic heterocycles. The maximum absolute atomic E-state index is 12.4. The topological polar surface area (TPSA) is 88.5 Å². The Morgan fingerprint density at radius 1 is 0.950 bits per heavy atom. The van der Waals surface area contributed by atoms with Gasteiger partial charge in [0, 0.05) is 11.1 Å². The van der Waals surface area contributed by atoms with Crippen molar-refractivity contribution in [1.82, 2.24) is 0 Å². The van der Waals surface area contributed by atoms with Crippen LogP contribution in [0.15, 0.2) is 47.4 Å². The highest BCUT2D eigenvalue weighted by molar-refractivity contribution is 7.90. The Morgan fingerprint density at radius 2 is 1.50 bits per heavy atom. The van der Waals surface area contributed by atoms with Crippen LogP contribution in [-0.2, 0) is 10.1 Å². The third-order valence-electron chi connectivity index (χ3n) is 3.56. The van der Waals surface area contributed by atoms with Crippen molar-refractivity contribution in [3.63, 3.8) is 0 Å². The third-order valence-corrected chi connectivity index (χ3v) is 4.43. The second-order valence-electron chi connectivity index (χ2n) is 4.73. The average Bonchev–Trinajstić information content (AvgIpc) is 2.43. The van der Waals surface area contributed by atoms with Gasteiger partial charge in [-0.2, -0.15) is 8.42 Å². The van der Waals surface area contributed by atoms with Crippen molar-refractivity contribution < 1.29 is 22.6 Å². The first-order valence-corrected chi connectivity index (χ1v) is 7.38. The zero-order valence-corrected chi connectivity index (χ0v) is 11.0. The predicted octanol–water partition coefficient (Wildman–Crippen LogP) is 1.64. The van der Waals surface area contributed by atoms with Gasteiger partial charge in [0.05, 0.1) is 16.7 Å². The van der Waals surface area contributed by atoms with E-state index in [0.29, 0.717) is 11.1 Å². The number of hydrogen-bond donors (Lipinski definition) is 1. The number of hydrogen-bond acceptors (Lipinski definition) is 4. The van der Waals surface area contributed by atoms with Gasteiger partial charge in [0.1, 0.15) is 0 Å². The molecular weight excluding hydrogens is 280 g/mol. The molecule has 0 amide bonds. The van der Waals surface area contributed by atoms with E-state index in [4.69, 9.17) is 4.55 Å². The maximum atomic E-state index is 12.4. The van der Waals surface area contributed by atoms with Gasteiger partial charge in [-0.05, 0) is 6.08 Å². The summed E-state index contributed by atoms with van der Waals surface area (Å²) in [6, 6.07) is 6.46. The lowest BCUT2D eigenvalue weighted by Gasteiger charge is -2.29. The maximum Gasteiger partial charge on any atom is 0.294 e. The van der Waals surface area contributed by atoms with Gasteiger partial charge in [0.15, 0.2) is 11.6 Å². The lowest BCUT2D eigenvalue weighted by atomic mass is 9.72. The molecule has 6 heteroatoms. The minimum absolute atomic E-state index is 0.216. The summed E-state index contributed by atoms with van der Waals surface area (Å²) in [5, 5.41) is 0. The molecule has 5 nitrogen and oxygen atoms in total. The smallest absolute Gasteiger partial charge is 0.293 e. The molecule has 2 atom stereocenters. The zero-order chi connectivity index (χ0) is 14.5. The number of Topliss-reactive ketones (excluding diaryl/α,β-unsaturated/α-hetero) is 2. The van der Waals surface area contributed by atoms with Crippen molar-refractivity contribution in [3.05, 3.63) is 58.5 Å². The Balaban J connectivity index is 2.15. The van der Waals surface area contributed by atoms with Gasteiger partial charge in [0.25, 0.3) is 10.1 Å². The number of carbonyl (C=O) groups excluding carboxylic acids is 2. The first-order valence-electron chi connectivity index (χ1n) is 5.94. The number of ketones is 2. The van der Waals surface area contributed by atoms with E-state index in [2.05, 4.69) is 0 Å². The Kier molecular flexibility index (Phi) is 2.74. The monoisotopic (exact) mass is 290 g/mol. The SMILES string of the molecule is O=C1c2ccccc2C(=O)C2C=C(S(=O)(=O)O)C=CC12. The molecule has 1 aromatic carbocycles. The first kappa shape index (κ1) is 13.0. The average molecular weight is 290 g/mol. The normalized spacial score (nSPS) is 24.9. The number of rotatable bonds is 1. The number of benzene rings is 1. The van der Waals surface area contributed by atoms with Gasteiger partial charge in [-0.3, -0.25) is 14.1 Å². The van der Waals surface area contributed by atoms with Gasteiger partial charge in [0.2, 0.25) is 0 Å². The summed E-state index contributed by atoms with van der Waals surface area (Å²) in [4.78, 5) is 24.3. The highest BCUT2D eigenvalue weighted by atomic mass is 32.2. The molecule has 0 heterocycles. The van der Waals surface area contributed by atoms with Crippen LogP contribution < -0.4 is 0 Å². The molecule has 1 aromatic rings. The molecule has 0 saturated carbocycles. The van der Waals surface area contributed by atoms with Crippen LogP contribution in [0.2, 0.25) is 0 Å². The molecule has 3 rings (SSSR count). The van der Waals surface area contributed by atoms with Crippen LogP contribution in [0.25, 0.3) is 0 Å². The Labute approximate surface area is 115 Å². The second-order valence-corrected chi connectivity index (χ2v) is 6.15. The molecule has 1 N–H and O–H groups in total. The molecule has 2 aliphatic carbocycles.